The van der Waals surface area contributed by atoms with E-state index >= 15 is 0 Å². The number of nitriles is 1. The molecule has 0 saturated carbocycles. The lowest BCUT2D eigenvalue weighted by Crippen LogP contribution is -2.23. The van der Waals surface area contributed by atoms with E-state index < -0.39 is 23.2 Å². The van der Waals surface area contributed by atoms with Crippen molar-refractivity contribution in [2.24, 2.45) is 0 Å². The number of hydrogen-bond acceptors (Lipinski definition) is 3. The van der Waals surface area contributed by atoms with Crippen molar-refractivity contribution in [2.75, 3.05) is 5.32 Å². The highest BCUT2D eigenvalue weighted by Gasteiger charge is 2.30. The number of nitrogens with one attached hydrogen (secondary N) is 1. The van der Waals surface area contributed by atoms with Crippen molar-refractivity contribution < 1.29 is 18.0 Å². The first kappa shape index (κ1) is 19.9. The topological polar surface area (TPSA) is 74.9 Å². The highest BCUT2D eigenvalue weighted by Crippen LogP contribution is 2.29. The van der Waals surface area contributed by atoms with Crippen LogP contribution in [0.4, 0.5) is 18.9 Å². The van der Waals surface area contributed by atoms with Crippen molar-refractivity contribution in [1.29, 1.82) is 5.26 Å². The normalized spacial score (nSPS) is 11.0. The van der Waals surface area contributed by atoms with E-state index in [-0.39, 0.29) is 23.2 Å². The summed E-state index contributed by atoms with van der Waals surface area (Å²) in [6, 6.07) is 15.5. The third-order valence-electron chi connectivity index (χ3n) is 4.15. The number of rotatable bonds is 4. The van der Waals surface area contributed by atoms with Crippen LogP contribution in [0.2, 0.25) is 0 Å². The number of carbonyl (C=O) groups is 1. The van der Waals surface area contributed by atoms with E-state index in [1.807, 2.05) is 6.07 Å². The molecule has 0 bridgehead atoms. The van der Waals surface area contributed by atoms with Crippen molar-refractivity contribution in [1.82, 2.24) is 4.57 Å². The number of benzene rings is 2. The first-order valence-corrected chi connectivity index (χ1v) is 8.45. The lowest BCUT2D eigenvalue weighted by atomic mass is 10.1. The molecule has 0 aliphatic heterocycles. The van der Waals surface area contributed by atoms with Crippen LogP contribution >= 0.6 is 0 Å². The fourth-order valence-electron chi connectivity index (χ4n) is 2.72. The van der Waals surface area contributed by atoms with Gasteiger partial charge in [-0.3, -0.25) is 9.59 Å². The number of aromatic nitrogens is 1. The zero-order valence-corrected chi connectivity index (χ0v) is 14.9. The molecular weight excluding hydrogens is 383 g/mol. The fourth-order valence-corrected chi connectivity index (χ4v) is 2.72. The Morgan fingerprint density at radius 1 is 1.07 bits per heavy atom. The SMILES string of the molecule is N#Cc1ccccc1NC(=O)c1ccc(=O)n(Cc2cccc(C(F)(F)F)c2)c1. The quantitative estimate of drug-likeness (QED) is 0.722. The number of para-hydroxylation sites is 1. The monoisotopic (exact) mass is 397 g/mol. The summed E-state index contributed by atoms with van der Waals surface area (Å²) in [5, 5.41) is 11.7. The number of nitrogens with zero attached hydrogens (tertiary/aromatic N) is 2. The Bertz CT molecular complexity index is 1160. The Morgan fingerprint density at radius 2 is 1.83 bits per heavy atom. The Morgan fingerprint density at radius 3 is 2.55 bits per heavy atom. The van der Waals surface area contributed by atoms with Crippen molar-refractivity contribution in [3.05, 3.63) is 99.5 Å². The number of hydrogen-bond donors (Lipinski definition) is 1. The summed E-state index contributed by atoms with van der Waals surface area (Å²) in [5.41, 5.74) is -0.283. The third kappa shape index (κ3) is 4.71. The van der Waals surface area contributed by atoms with Crippen LogP contribution in [0.5, 0.6) is 0 Å². The van der Waals surface area contributed by atoms with Gasteiger partial charge in [0.25, 0.3) is 11.5 Å². The van der Waals surface area contributed by atoms with Gasteiger partial charge < -0.3 is 9.88 Å². The second kappa shape index (κ2) is 8.02. The Labute approximate surface area is 163 Å². The van der Waals surface area contributed by atoms with Crippen LogP contribution in [0.1, 0.15) is 27.0 Å². The van der Waals surface area contributed by atoms with Gasteiger partial charge in [0.2, 0.25) is 0 Å². The smallest absolute Gasteiger partial charge is 0.321 e. The van der Waals surface area contributed by atoms with E-state index in [0.29, 0.717) is 5.69 Å². The molecule has 2 aromatic carbocycles. The second-order valence-electron chi connectivity index (χ2n) is 6.19. The molecular formula is C21H14F3N3O2. The van der Waals surface area contributed by atoms with Gasteiger partial charge in [-0.2, -0.15) is 18.4 Å². The summed E-state index contributed by atoms with van der Waals surface area (Å²) >= 11 is 0. The maximum atomic E-state index is 12.9. The van der Waals surface area contributed by atoms with Crippen LogP contribution in [0.25, 0.3) is 0 Å². The standard InChI is InChI=1S/C21H14F3N3O2/c22-21(23,24)17-6-3-4-14(10-17)12-27-13-16(8-9-19(27)28)20(29)26-18-7-2-1-5-15(18)11-25/h1-10,13H,12H2,(H,26,29). The summed E-state index contributed by atoms with van der Waals surface area (Å²) in [6.07, 6.45) is -3.22. The van der Waals surface area contributed by atoms with Crippen molar-refractivity contribution in [3.63, 3.8) is 0 Å². The molecule has 0 aliphatic carbocycles. The molecule has 0 radical (unpaired) electrons. The van der Waals surface area contributed by atoms with Gasteiger partial charge >= 0.3 is 6.18 Å². The van der Waals surface area contributed by atoms with E-state index in [4.69, 9.17) is 5.26 Å². The fraction of sp³-hybridized carbons (Fsp3) is 0.0952. The Hall–Kier alpha value is -3.86. The minimum atomic E-state index is -4.49. The maximum absolute atomic E-state index is 12.9. The second-order valence-corrected chi connectivity index (χ2v) is 6.19. The van der Waals surface area contributed by atoms with Gasteiger partial charge in [0.05, 0.1) is 28.9 Å². The van der Waals surface area contributed by atoms with Gasteiger partial charge in [0, 0.05) is 12.3 Å². The Balaban J connectivity index is 1.86. The molecule has 1 amide bonds. The average Bonchev–Trinajstić information content (AvgIpc) is 2.69. The zero-order valence-electron chi connectivity index (χ0n) is 14.9. The molecule has 0 unspecified atom stereocenters. The summed E-state index contributed by atoms with van der Waals surface area (Å²) < 4.78 is 39.8. The molecule has 0 saturated heterocycles. The lowest BCUT2D eigenvalue weighted by molar-refractivity contribution is -0.137. The number of halogens is 3. The molecule has 146 valence electrons. The minimum absolute atomic E-state index is 0.126. The van der Waals surface area contributed by atoms with Gasteiger partial charge in [-0.05, 0) is 35.9 Å². The van der Waals surface area contributed by atoms with Crippen molar-refractivity contribution in [3.8, 4) is 6.07 Å². The molecule has 0 spiro atoms. The van der Waals surface area contributed by atoms with Gasteiger partial charge in [-0.25, -0.2) is 0 Å². The molecule has 1 heterocycles. The summed E-state index contributed by atoms with van der Waals surface area (Å²) in [4.78, 5) is 24.6. The molecule has 5 nitrogen and oxygen atoms in total. The number of anilines is 1. The lowest BCUT2D eigenvalue weighted by Gasteiger charge is -2.12. The largest absolute Gasteiger partial charge is 0.416 e. The third-order valence-corrected chi connectivity index (χ3v) is 4.15. The van der Waals surface area contributed by atoms with Crippen LogP contribution in [-0.4, -0.2) is 10.5 Å². The summed E-state index contributed by atoms with van der Waals surface area (Å²) in [5.74, 6) is -0.550. The van der Waals surface area contributed by atoms with E-state index in [1.165, 1.54) is 30.5 Å². The van der Waals surface area contributed by atoms with Crippen LogP contribution < -0.4 is 10.9 Å². The van der Waals surface area contributed by atoms with E-state index in [9.17, 15) is 22.8 Å². The van der Waals surface area contributed by atoms with Gasteiger partial charge in [0.15, 0.2) is 0 Å². The highest BCUT2D eigenvalue weighted by molar-refractivity contribution is 6.04. The molecule has 0 fully saturated rings. The predicted octanol–water partition coefficient (Wildman–Crippen LogP) is 4.04. The molecule has 3 aromatic rings. The first-order chi connectivity index (χ1) is 13.8. The van der Waals surface area contributed by atoms with Crippen molar-refractivity contribution in [2.45, 2.75) is 12.7 Å². The van der Waals surface area contributed by atoms with Crippen LogP contribution in [0.15, 0.2) is 71.7 Å². The Kier molecular flexibility index (Phi) is 5.50. The first-order valence-electron chi connectivity index (χ1n) is 8.45. The van der Waals surface area contributed by atoms with E-state index in [1.54, 1.807) is 24.3 Å². The van der Waals surface area contributed by atoms with Gasteiger partial charge in [-0.1, -0.05) is 24.3 Å². The predicted molar refractivity (Wildman–Crippen MR) is 100 cm³/mol. The molecule has 1 aromatic heterocycles. The van der Waals surface area contributed by atoms with Crippen molar-refractivity contribution >= 4 is 11.6 Å². The maximum Gasteiger partial charge on any atom is 0.416 e. The zero-order chi connectivity index (χ0) is 21.0. The number of pyridine rings is 1. The van der Waals surface area contributed by atoms with E-state index in [0.717, 1.165) is 16.7 Å². The number of carbonyl (C=O) groups excluding carboxylic acids is 1. The van der Waals surface area contributed by atoms with Crippen LogP contribution in [0, 0.1) is 11.3 Å². The molecule has 1 N–H and O–H groups in total. The summed E-state index contributed by atoms with van der Waals surface area (Å²) in [6.45, 7) is -0.126. The van der Waals surface area contributed by atoms with Gasteiger partial charge in [-0.15, -0.1) is 0 Å². The molecule has 0 atom stereocenters. The minimum Gasteiger partial charge on any atom is -0.321 e. The molecule has 0 aliphatic rings. The molecule has 3 rings (SSSR count). The van der Waals surface area contributed by atoms with Gasteiger partial charge in [0.1, 0.15) is 6.07 Å². The van der Waals surface area contributed by atoms with E-state index in [2.05, 4.69) is 5.32 Å². The number of alkyl halides is 3. The number of amides is 1. The molecule has 29 heavy (non-hydrogen) atoms. The van der Waals surface area contributed by atoms with Crippen LogP contribution in [0.3, 0.4) is 0 Å². The molecule has 8 heteroatoms. The van der Waals surface area contributed by atoms with Crippen LogP contribution in [-0.2, 0) is 12.7 Å². The highest BCUT2D eigenvalue weighted by atomic mass is 19.4. The average molecular weight is 397 g/mol. The summed E-state index contributed by atoms with van der Waals surface area (Å²) in [7, 11) is 0.